The number of hydrogen-bond acceptors (Lipinski definition) is 2. The molecule has 0 spiro atoms. The molecule has 3 nitrogen and oxygen atoms in total. The maximum Gasteiger partial charge on any atom is 0.139 e. The summed E-state index contributed by atoms with van der Waals surface area (Å²) in [7, 11) is 0. The lowest BCUT2D eigenvalue weighted by atomic mass is 9.88. The second-order valence-electron chi connectivity index (χ2n) is 5.48. The van der Waals surface area contributed by atoms with Gasteiger partial charge in [-0.3, -0.25) is 0 Å². The van der Waals surface area contributed by atoms with Gasteiger partial charge in [-0.1, -0.05) is 24.6 Å². The zero-order valence-electron chi connectivity index (χ0n) is 10.8. The van der Waals surface area contributed by atoms with Gasteiger partial charge in [-0.2, -0.15) is 4.84 Å². The van der Waals surface area contributed by atoms with Crippen LogP contribution in [0, 0.1) is 11.1 Å². The Labute approximate surface area is 104 Å². The van der Waals surface area contributed by atoms with Crippen LogP contribution in [0.25, 0.3) is 0 Å². The van der Waals surface area contributed by atoms with E-state index in [0.717, 1.165) is 25.2 Å². The topological polar surface area (TPSA) is 36.7 Å². The van der Waals surface area contributed by atoms with Crippen molar-refractivity contribution in [3.8, 4) is 0 Å². The Balaban J connectivity index is 1.77. The Morgan fingerprint density at radius 3 is 2.59 bits per heavy atom. The van der Waals surface area contributed by atoms with Crippen molar-refractivity contribution >= 4 is 0 Å². The van der Waals surface area contributed by atoms with Gasteiger partial charge in [-0.15, -0.1) is 0 Å². The Morgan fingerprint density at radius 1 is 1.29 bits per heavy atom. The fourth-order valence-electron chi connectivity index (χ4n) is 2.54. The average molecular weight is 237 g/mol. The number of nitrogens with one attached hydrogen (secondary N) is 1. The molecule has 0 aromatic carbocycles. The first kappa shape index (κ1) is 12.8. The van der Waals surface area contributed by atoms with Crippen molar-refractivity contribution in [2.24, 2.45) is 5.92 Å². The fourth-order valence-corrected chi connectivity index (χ4v) is 2.54. The van der Waals surface area contributed by atoms with Gasteiger partial charge in [0.15, 0.2) is 0 Å². The normalized spacial score (nSPS) is 35.5. The van der Waals surface area contributed by atoms with Crippen LogP contribution in [0.2, 0.25) is 0 Å². The van der Waals surface area contributed by atoms with Crippen LogP contribution in [-0.4, -0.2) is 12.1 Å². The van der Waals surface area contributed by atoms with E-state index in [4.69, 9.17) is 4.84 Å². The van der Waals surface area contributed by atoms with E-state index in [9.17, 15) is 5.21 Å². The summed E-state index contributed by atoms with van der Waals surface area (Å²) in [6.07, 6.45) is 11.3. The van der Waals surface area contributed by atoms with Gasteiger partial charge in [0.25, 0.3) is 0 Å². The predicted molar refractivity (Wildman–Crippen MR) is 68.1 cm³/mol. The first-order valence-electron chi connectivity index (χ1n) is 6.70. The Hall–Kier alpha value is -0.640. The molecule has 1 fully saturated rings. The summed E-state index contributed by atoms with van der Waals surface area (Å²) in [6.45, 7) is 4.33. The standard InChI is InChI=1S/C14H23NO2/c1-11-3-7-13(8-4-11)15(16)17-14-9-5-12(2)6-10-14/h5-6,9,11,13-15H,3-4,7-8,10H2,1-2H3. The number of allylic oxidation sites excluding steroid dienone is 2. The van der Waals surface area contributed by atoms with Gasteiger partial charge in [-0.05, 0) is 31.8 Å². The van der Waals surface area contributed by atoms with Gasteiger partial charge in [0.05, 0.1) is 0 Å². The van der Waals surface area contributed by atoms with E-state index in [1.54, 1.807) is 0 Å². The molecule has 0 radical (unpaired) electrons. The molecule has 2 rings (SSSR count). The zero-order valence-corrected chi connectivity index (χ0v) is 10.8. The minimum atomic E-state index is -0.0365. The maximum atomic E-state index is 12.0. The molecule has 2 aliphatic rings. The molecule has 96 valence electrons. The van der Waals surface area contributed by atoms with Crippen molar-refractivity contribution in [2.45, 2.75) is 58.1 Å². The molecule has 0 amide bonds. The molecule has 0 aliphatic heterocycles. The third-order valence-corrected chi connectivity index (χ3v) is 3.86. The van der Waals surface area contributed by atoms with Crippen molar-refractivity contribution in [3.05, 3.63) is 29.0 Å². The van der Waals surface area contributed by atoms with Crippen LogP contribution in [0.5, 0.6) is 0 Å². The summed E-state index contributed by atoms with van der Waals surface area (Å²) in [5, 5.41) is 12.0. The lowest BCUT2D eigenvalue weighted by Gasteiger charge is -2.35. The average Bonchev–Trinajstić information content (AvgIpc) is 2.33. The summed E-state index contributed by atoms with van der Waals surface area (Å²) in [5.41, 5.74) is 1.25. The van der Waals surface area contributed by atoms with E-state index in [-0.39, 0.29) is 17.4 Å². The lowest BCUT2D eigenvalue weighted by molar-refractivity contribution is -1.08. The first-order valence-corrected chi connectivity index (χ1v) is 6.70. The number of hydrogen-bond donors (Lipinski definition) is 1. The van der Waals surface area contributed by atoms with Gasteiger partial charge in [0, 0.05) is 19.3 Å². The van der Waals surface area contributed by atoms with E-state index < -0.39 is 0 Å². The Morgan fingerprint density at radius 2 is 2.00 bits per heavy atom. The summed E-state index contributed by atoms with van der Waals surface area (Å²) in [6, 6.07) is 0.145. The molecule has 2 aliphatic carbocycles. The van der Waals surface area contributed by atoms with Gasteiger partial charge in [0.2, 0.25) is 0 Å². The molecular weight excluding hydrogens is 214 g/mol. The molecule has 2 atom stereocenters. The second kappa shape index (κ2) is 5.80. The van der Waals surface area contributed by atoms with Crippen LogP contribution in [0.1, 0.15) is 46.0 Å². The van der Waals surface area contributed by atoms with Crippen LogP contribution in [0.3, 0.4) is 0 Å². The van der Waals surface area contributed by atoms with Crippen LogP contribution < -0.4 is 5.23 Å². The minimum absolute atomic E-state index is 0.0134. The highest BCUT2D eigenvalue weighted by molar-refractivity contribution is 5.21. The quantitative estimate of drug-likeness (QED) is 0.764. The molecule has 3 heteroatoms. The summed E-state index contributed by atoms with van der Waals surface area (Å²) < 4.78 is 0. The van der Waals surface area contributed by atoms with Crippen molar-refractivity contribution < 1.29 is 10.1 Å². The van der Waals surface area contributed by atoms with E-state index in [0.29, 0.717) is 0 Å². The molecule has 0 aromatic heterocycles. The van der Waals surface area contributed by atoms with Crippen LogP contribution in [0.15, 0.2) is 23.8 Å². The smallest absolute Gasteiger partial charge is 0.139 e. The highest BCUT2D eigenvalue weighted by Crippen LogP contribution is 2.22. The first-order chi connectivity index (χ1) is 8.15. The molecule has 1 saturated carbocycles. The highest BCUT2D eigenvalue weighted by Gasteiger charge is 2.25. The highest BCUT2D eigenvalue weighted by atomic mass is 16.9. The fraction of sp³-hybridized carbons (Fsp3) is 0.714. The summed E-state index contributed by atoms with van der Waals surface area (Å²) in [5.74, 6) is 0.777. The number of rotatable bonds is 3. The van der Waals surface area contributed by atoms with Crippen LogP contribution >= 0.6 is 0 Å². The third kappa shape index (κ3) is 3.66. The molecule has 0 aromatic rings. The number of hydroxylamine groups is 2. The second-order valence-corrected chi connectivity index (χ2v) is 5.48. The van der Waals surface area contributed by atoms with Crippen molar-refractivity contribution in [3.63, 3.8) is 0 Å². The van der Waals surface area contributed by atoms with Crippen LogP contribution in [-0.2, 0) is 4.84 Å². The van der Waals surface area contributed by atoms with Crippen molar-refractivity contribution in [1.29, 1.82) is 0 Å². The monoisotopic (exact) mass is 237 g/mol. The number of quaternary nitrogens is 1. The van der Waals surface area contributed by atoms with Gasteiger partial charge in [-0.25, -0.2) is 5.23 Å². The molecule has 0 bridgehead atoms. The van der Waals surface area contributed by atoms with E-state index in [2.05, 4.69) is 19.9 Å². The summed E-state index contributed by atoms with van der Waals surface area (Å²) >= 11 is 0. The van der Waals surface area contributed by atoms with Crippen molar-refractivity contribution in [2.75, 3.05) is 0 Å². The van der Waals surface area contributed by atoms with E-state index in [1.165, 1.54) is 18.4 Å². The van der Waals surface area contributed by atoms with Crippen molar-refractivity contribution in [1.82, 2.24) is 0 Å². The molecule has 1 N–H and O–H groups in total. The SMILES string of the molecule is CC1=CCC(O[NH+]([O-])C2CCC(C)CC2)C=C1. The molecular formula is C14H23NO2. The Bertz CT molecular complexity index is 303. The molecule has 0 saturated heterocycles. The maximum absolute atomic E-state index is 12.0. The van der Waals surface area contributed by atoms with Crippen LogP contribution in [0.4, 0.5) is 0 Å². The lowest BCUT2D eigenvalue weighted by Crippen LogP contribution is -3.11. The molecule has 17 heavy (non-hydrogen) atoms. The summed E-state index contributed by atoms with van der Waals surface area (Å²) in [4.78, 5) is 5.54. The van der Waals surface area contributed by atoms with E-state index >= 15 is 0 Å². The molecule has 2 unspecified atom stereocenters. The minimum Gasteiger partial charge on any atom is -0.600 e. The molecule has 0 heterocycles. The largest absolute Gasteiger partial charge is 0.600 e. The van der Waals surface area contributed by atoms with Gasteiger partial charge in [0.1, 0.15) is 12.1 Å². The Kier molecular flexibility index (Phi) is 4.37. The zero-order chi connectivity index (χ0) is 12.3. The third-order valence-electron chi connectivity index (χ3n) is 3.86. The predicted octanol–water partition coefficient (Wildman–Crippen LogP) is 2.15. The van der Waals surface area contributed by atoms with Gasteiger partial charge >= 0.3 is 0 Å². The van der Waals surface area contributed by atoms with Gasteiger partial charge < -0.3 is 5.21 Å². The van der Waals surface area contributed by atoms with E-state index in [1.807, 2.05) is 12.2 Å².